The number of H-pyrrole nitrogens is 1. The van der Waals surface area contributed by atoms with Crippen LogP contribution in [-0.4, -0.2) is 30.5 Å². The fourth-order valence-electron chi connectivity index (χ4n) is 1.55. The molecule has 2 rings (SSSR count). The number of aromatic amines is 1. The van der Waals surface area contributed by atoms with Gasteiger partial charge in [0.05, 0.1) is 7.11 Å². The lowest BCUT2D eigenvalue weighted by Gasteiger charge is -2.08. The molecule has 0 spiro atoms. The molecule has 0 radical (unpaired) electrons. The maximum absolute atomic E-state index is 11.7. The van der Waals surface area contributed by atoms with Crippen molar-refractivity contribution in [3.05, 3.63) is 46.7 Å². The molecule has 7 nitrogen and oxygen atoms in total. The predicted molar refractivity (Wildman–Crippen MR) is 82.6 cm³/mol. The summed E-state index contributed by atoms with van der Waals surface area (Å²) >= 11 is 3.21. The Balaban J connectivity index is 1.74. The molecular weight excluding hydrogens is 354 g/mol. The smallest absolute Gasteiger partial charge is 0.286 e. The number of halogens is 1. The largest absolute Gasteiger partial charge is 0.497 e. The second-order valence-corrected chi connectivity index (χ2v) is 5.11. The number of rotatable bonds is 5. The van der Waals surface area contributed by atoms with Gasteiger partial charge in [-0.3, -0.25) is 20.4 Å². The Bertz CT molecular complexity index is 654. The molecule has 0 aliphatic rings. The lowest BCUT2D eigenvalue weighted by Crippen LogP contribution is -2.43. The zero-order chi connectivity index (χ0) is 15.9. The van der Waals surface area contributed by atoms with Crippen LogP contribution in [-0.2, 0) is 4.79 Å². The summed E-state index contributed by atoms with van der Waals surface area (Å²) < 4.78 is 11.0. The van der Waals surface area contributed by atoms with Crippen LogP contribution in [0.3, 0.4) is 0 Å². The maximum Gasteiger partial charge on any atom is 0.286 e. The Kier molecular flexibility index (Phi) is 5.42. The van der Waals surface area contributed by atoms with Gasteiger partial charge in [-0.2, -0.15) is 0 Å². The van der Waals surface area contributed by atoms with Crippen LogP contribution in [0.5, 0.6) is 11.5 Å². The average molecular weight is 368 g/mol. The van der Waals surface area contributed by atoms with Crippen LogP contribution < -0.4 is 20.3 Å². The minimum absolute atomic E-state index is 0.221. The van der Waals surface area contributed by atoms with Gasteiger partial charge < -0.3 is 14.5 Å². The van der Waals surface area contributed by atoms with E-state index in [9.17, 15) is 9.59 Å². The molecule has 8 heteroatoms. The first kappa shape index (κ1) is 15.9. The van der Waals surface area contributed by atoms with Crippen molar-refractivity contribution < 1.29 is 19.1 Å². The number of methoxy groups -OCH3 is 1. The maximum atomic E-state index is 11.7. The zero-order valence-electron chi connectivity index (χ0n) is 11.7. The van der Waals surface area contributed by atoms with E-state index in [-0.39, 0.29) is 6.61 Å². The molecule has 0 saturated heterocycles. The van der Waals surface area contributed by atoms with Gasteiger partial charge in [0.15, 0.2) is 6.61 Å². The first-order valence-electron chi connectivity index (χ1n) is 6.28. The quantitative estimate of drug-likeness (QED) is 0.700. The van der Waals surface area contributed by atoms with E-state index in [4.69, 9.17) is 9.47 Å². The highest BCUT2D eigenvalue weighted by Gasteiger charge is 2.09. The van der Waals surface area contributed by atoms with E-state index in [1.807, 2.05) is 0 Å². The number of carbonyl (C=O) groups is 2. The van der Waals surface area contributed by atoms with Gasteiger partial charge in [0.1, 0.15) is 17.2 Å². The van der Waals surface area contributed by atoms with Crippen LogP contribution in [0, 0.1) is 0 Å². The first-order valence-corrected chi connectivity index (χ1v) is 7.08. The molecule has 1 aromatic heterocycles. The molecule has 1 aromatic carbocycles. The number of ether oxygens (including phenoxy) is 2. The van der Waals surface area contributed by atoms with Crippen LogP contribution in [0.1, 0.15) is 10.5 Å². The number of benzene rings is 1. The molecule has 3 N–H and O–H groups in total. The summed E-state index contributed by atoms with van der Waals surface area (Å²) in [6, 6.07) is 8.40. The standard InChI is InChI=1S/C14H14BrN3O4/c1-21-10-2-4-11(5-3-10)22-8-13(19)17-18-14(20)12-6-9(15)7-16-12/h2-7,16H,8H2,1H3,(H,17,19)(H,18,20). The lowest BCUT2D eigenvalue weighted by molar-refractivity contribution is -0.123. The van der Waals surface area contributed by atoms with Crippen molar-refractivity contribution in [1.29, 1.82) is 0 Å². The van der Waals surface area contributed by atoms with Crippen LogP contribution >= 0.6 is 15.9 Å². The molecule has 0 bridgehead atoms. The fourth-order valence-corrected chi connectivity index (χ4v) is 1.89. The molecule has 0 atom stereocenters. The van der Waals surface area contributed by atoms with E-state index in [1.165, 1.54) is 0 Å². The number of hydrogen-bond donors (Lipinski definition) is 3. The van der Waals surface area contributed by atoms with Crippen molar-refractivity contribution in [3.63, 3.8) is 0 Å². The number of carbonyl (C=O) groups excluding carboxylic acids is 2. The normalized spacial score (nSPS) is 9.91. The van der Waals surface area contributed by atoms with Crippen molar-refractivity contribution in [3.8, 4) is 11.5 Å². The number of amides is 2. The summed E-state index contributed by atoms with van der Waals surface area (Å²) in [7, 11) is 1.56. The van der Waals surface area contributed by atoms with E-state index < -0.39 is 11.8 Å². The van der Waals surface area contributed by atoms with Crippen molar-refractivity contribution in [2.75, 3.05) is 13.7 Å². The summed E-state index contributed by atoms with van der Waals surface area (Å²) in [5.74, 6) is 0.287. The van der Waals surface area contributed by atoms with Crippen LogP contribution in [0.25, 0.3) is 0 Å². The minimum Gasteiger partial charge on any atom is -0.497 e. The molecule has 0 saturated carbocycles. The summed E-state index contributed by atoms with van der Waals surface area (Å²) in [5.41, 5.74) is 4.86. The average Bonchev–Trinajstić information content (AvgIpc) is 2.97. The van der Waals surface area contributed by atoms with Gasteiger partial charge in [0.25, 0.3) is 11.8 Å². The van der Waals surface area contributed by atoms with Gasteiger partial charge in [-0.25, -0.2) is 0 Å². The number of hydrogen-bond acceptors (Lipinski definition) is 4. The second-order valence-electron chi connectivity index (χ2n) is 4.20. The van der Waals surface area contributed by atoms with Crippen molar-refractivity contribution >= 4 is 27.7 Å². The molecule has 0 aliphatic carbocycles. The van der Waals surface area contributed by atoms with E-state index in [0.29, 0.717) is 17.2 Å². The van der Waals surface area contributed by atoms with Gasteiger partial charge in [0, 0.05) is 10.7 Å². The van der Waals surface area contributed by atoms with Crippen LogP contribution in [0.4, 0.5) is 0 Å². The van der Waals surface area contributed by atoms with E-state index in [0.717, 1.165) is 4.47 Å². The Morgan fingerprint density at radius 2 is 1.86 bits per heavy atom. The van der Waals surface area contributed by atoms with E-state index in [1.54, 1.807) is 43.6 Å². The highest BCUT2D eigenvalue weighted by atomic mass is 79.9. The third-order valence-corrected chi connectivity index (χ3v) is 3.10. The zero-order valence-corrected chi connectivity index (χ0v) is 13.3. The summed E-state index contributed by atoms with van der Waals surface area (Å²) in [6.07, 6.45) is 1.61. The van der Waals surface area contributed by atoms with Gasteiger partial charge in [-0.1, -0.05) is 0 Å². The van der Waals surface area contributed by atoms with E-state index >= 15 is 0 Å². The molecule has 2 aromatic rings. The SMILES string of the molecule is COc1ccc(OCC(=O)NNC(=O)c2cc(Br)c[nH]2)cc1. The number of nitrogens with one attached hydrogen (secondary N) is 3. The molecule has 1 heterocycles. The Labute approximate surface area is 135 Å². The number of hydrazine groups is 1. The first-order chi connectivity index (χ1) is 10.6. The molecular formula is C14H14BrN3O4. The molecule has 0 fully saturated rings. The summed E-state index contributed by atoms with van der Waals surface area (Å²) in [4.78, 5) is 26.0. The van der Waals surface area contributed by atoms with Crippen LogP contribution in [0.2, 0.25) is 0 Å². The van der Waals surface area contributed by atoms with E-state index in [2.05, 4.69) is 31.8 Å². The summed E-state index contributed by atoms with van der Waals surface area (Å²) in [5, 5.41) is 0. The highest BCUT2D eigenvalue weighted by Crippen LogP contribution is 2.16. The molecule has 0 aliphatic heterocycles. The Hall–Kier alpha value is -2.48. The van der Waals surface area contributed by atoms with Crippen LogP contribution in [0.15, 0.2) is 41.0 Å². The van der Waals surface area contributed by atoms with Gasteiger partial charge >= 0.3 is 0 Å². The number of aromatic nitrogens is 1. The van der Waals surface area contributed by atoms with Crippen molar-refractivity contribution in [2.45, 2.75) is 0 Å². The third-order valence-electron chi connectivity index (χ3n) is 2.64. The Morgan fingerprint density at radius 1 is 1.18 bits per heavy atom. The van der Waals surface area contributed by atoms with Gasteiger partial charge in [-0.15, -0.1) is 0 Å². The fraction of sp³-hybridized carbons (Fsp3) is 0.143. The van der Waals surface area contributed by atoms with Gasteiger partial charge in [-0.05, 0) is 46.3 Å². The molecule has 22 heavy (non-hydrogen) atoms. The Morgan fingerprint density at radius 3 is 2.45 bits per heavy atom. The van der Waals surface area contributed by atoms with Gasteiger partial charge in [0.2, 0.25) is 0 Å². The predicted octanol–water partition coefficient (Wildman–Crippen LogP) is 1.63. The monoisotopic (exact) mass is 367 g/mol. The topological polar surface area (TPSA) is 92.4 Å². The molecule has 116 valence electrons. The van der Waals surface area contributed by atoms with Crippen molar-refractivity contribution in [2.24, 2.45) is 0 Å². The minimum atomic E-state index is -0.477. The molecule has 2 amide bonds. The third kappa shape index (κ3) is 4.52. The highest BCUT2D eigenvalue weighted by molar-refractivity contribution is 9.10. The molecule has 0 unspecified atom stereocenters. The lowest BCUT2D eigenvalue weighted by atomic mass is 10.3. The second kappa shape index (κ2) is 7.51. The van der Waals surface area contributed by atoms with Crippen molar-refractivity contribution in [1.82, 2.24) is 15.8 Å². The summed E-state index contributed by atoms with van der Waals surface area (Å²) in [6.45, 7) is -0.221.